The molecule has 0 radical (unpaired) electrons. The summed E-state index contributed by atoms with van der Waals surface area (Å²) in [6.07, 6.45) is -0.324. The first-order valence-electron chi connectivity index (χ1n) is 9.41. The van der Waals surface area contributed by atoms with Crippen molar-refractivity contribution < 1.29 is 13.2 Å². The van der Waals surface area contributed by atoms with Crippen LogP contribution in [-0.2, 0) is 0 Å². The van der Waals surface area contributed by atoms with Gasteiger partial charge in [0, 0.05) is 18.6 Å². The molecule has 0 bridgehead atoms. The third-order valence-corrected chi connectivity index (χ3v) is 6.15. The van der Waals surface area contributed by atoms with E-state index in [2.05, 4.69) is 4.98 Å². The van der Waals surface area contributed by atoms with Crippen LogP contribution in [0.15, 0.2) is 9.59 Å². The number of alkyl halides is 3. The molecule has 5 N–H and O–H groups in total. The van der Waals surface area contributed by atoms with Gasteiger partial charge in [-0.3, -0.25) is 19.2 Å². The zero-order valence-corrected chi connectivity index (χ0v) is 15.7. The molecule has 2 aliphatic carbocycles. The molecule has 0 spiro atoms. The molecule has 0 aromatic carbocycles. The van der Waals surface area contributed by atoms with Crippen molar-refractivity contribution in [3.63, 3.8) is 0 Å². The summed E-state index contributed by atoms with van der Waals surface area (Å²) in [6.45, 7) is 2.35. The second-order valence-corrected chi connectivity index (χ2v) is 8.23. The Hall–Kier alpha value is -2.07. The van der Waals surface area contributed by atoms with Crippen molar-refractivity contribution in [2.45, 2.75) is 56.9 Å². The quantitative estimate of drug-likeness (QED) is 0.588. The van der Waals surface area contributed by atoms with Crippen molar-refractivity contribution in [3.8, 4) is 0 Å². The van der Waals surface area contributed by atoms with E-state index in [0.29, 0.717) is 5.57 Å². The Balaban J connectivity index is 1.93. The zero-order valence-electron chi connectivity index (χ0n) is 15.7. The van der Waals surface area contributed by atoms with Crippen LogP contribution >= 0.6 is 0 Å². The average Bonchev–Trinajstić information content (AvgIpc) is 3.35. The Kier molecular flexibility index (Phi) is 4.27. The lowest BCUT2D eigenvalue weighted by molar-refractivity contribution is -0.0343. The number of rotatable bonds is 3. The molecule has 0 amide bonds. The number of likely N-dealkylation sites (tertiary alicyclic amines) is 1. The van der Waals surface area contributed by atoms with Crippen molar-refractivity contribution in [1.29, 1.82) is 0 Å². The van der Waals surface area contributed by atoms with Crippen molar-refractivity contribution in [2.24, 2.45) is 17.4 Å². The number of nitrogens with one attached hydrogen (secondary N) is 1. The van der Waals surface area contributed by atoms with Gasteiger partial charge in [0.05, 0.1) is 34.8 Å². The van der Waals surface area contributed by atoms with Crippen molar-refractivity contribution in [1.82, 2.24) is 14.5 Å². The lowest BCUT2D eigenvalue weighted by Crippen LogP contribution is -2.62. The summed E-state index contributed by atoms with van der Waals surface area (Å²) in [6, 6.07) is -1.94. The first-order chi connectivity index (χ1) is 13.0. The van der Waals surface area contributed by atoms with Gasteiger partial charge < -0.3 is 11.5 Å². The number of hydrogen-bond donors (Lipinski definition) is 3. The van der Waals surface area contributed by atoms with Gasteiger partial charge in [-0.25, -0.2) is 18.0 Å². The monoisotopic (exact) mass is 399 g/mol. The molecule has 10 heteroatoms. The minimum absolute atomic E-state index is 0.0672. The van der Waals surface area contributed by atoms with Gasteiger partial charge >= 0.3 is 5.69 Å². The predicted octanol–water partition coefficient (Wildman–Crippen LogP) is -1.26. The molecule has 1 aromatic rings. The number of hydrogen-bond acceptors (Lipinski definition) is 5. The van der Waals surface area contributed by atoms with Crippen LogP contribution < -0.4 is 33.3 Å². The maximum absolute atomic E-state index is 15.3. The van der Waals surface area contributed by atoms with E-state index in [0.717, 1.165) is 12.8 Å². The molecule has 28 heavy (non-hydrogen) atoms. The number of aromatic nitrogens is 2. The van der Waals surface area contributed by atoms with Gasteiger partial charge in [-0.15, -0.1) is 0 Å². The molecular formula is C18H24F3N5O2. The predicted molar refractivity (Wildman–Crippen MR) is 97.9 cm³/mol. The summed E-state index contributed by atoms with van der Waals surface area (Å²) in [7, 11) is 0. The van der Waals surface area contributed by atoms with Gasteiger partial charge in [0.25, 0.3) is 11.5 Å². The highest BCUT2D eigenvalue weighted by atomic mass is 19.3. The summed E-state index contributed by atoms with van der Waals surface area (Å²) >= 11 is 0. The fraction of sp³-hybridized carbons (Fsp3) is 0.667. The van der Waals surface area contributed by atoms with E-state index in [4.69, 9.17) is 11.5 Å². The average molecular weight is 399 g/mol. The standard InChI is InChI=1S/C18H24F3N5O2/c1-7-14-11(16(27)24-17(28)26(14)9-3-4-9)13(23)12(19)15(7)25-5-10(8(2)22)18(20,21)6-25/h8-10,12,15H,3-6,22-23H2,1-2H3,(H,24,27,28). The fourth-order valence-electron chi connectivity index (χ4n) is 4.61. The first kappa shape index (κ1) is 19.3. The van der Waals surface area contributed by atoms with Crippen molar-refractivity contribution in [3.05, 3.63) is 31.4 Å². The van der Waals surface area contributed by atoms with Crippen LogP contribution in [0, 0.1) is 5.92 Å². The molecule has 154 valence electrons. The van der Waals surface area contributed by atoms with Gasteiger partial charge in [-0.2, -0.15) is 0 Å². The van der Waals surface area contributed by atoms with Crippen LogP contribution in [0.4, 0.5) is 13.2 Å². The normalized spacial score (nSPS) is 31.1. The summed E-state index contributed by atoms with van der Waals surface area (Å²) in [4.78, 5) is 28.3. The van der Waals surface area contributed by atoms with Crippen LogP contribution in [0.1, 0.15) is 32.7 Å². The van der Waals surface area contributed by atoms with E-state index in [1.165, 1.54) is 16.4 Å². The highest BCUT2D eigenvalue weighted by Gasteiger charge is 2.53. The van der Waals surface area contributed by atoms with E-state index in [9.17, 15) is 18.4 Å². The van der Waals surface area contributed by atoms with Gasteiger partial charge in [-0.1, -0.05) is 0 Å². The molecule has 4 unspecified atom stereocenters. The highest BCUT2D eigenvalue weighted by Crippen LogP contribution is 2.39. The molecule has 4 atom stereocenters. The molecule has 1 aliphatic heterocycles. The third kappa shape index (κ3) is 2.73. The van der Waals surface area contributed by atoms with E-state index >= 15 is 4.39 Å². The Morgan fingerprint density at radius 1 is 1.29 bits per heavy atom. The summed E-state index contributed by atoms with van der Waals surface area (Å²) in [5.74, 6) is -4.17. The van der Waals surface area contributed by atoms with Gasteiger partial charge in [-0.05, 0) is 32.3 Å². The second-order valence-electron chi connectivity index (χ2n) is 8.23. The largest absolute Gasteiger partial charge is 0.399 e. The summed E-state index contributed by atoms with van der Waals surface area (Å²) in [5.41, 5.74) is 10.4. The van der Waals surface area contributed by atoms with Gasteiger partial charge in [0.1, 0.15) is 0 Å². The highest BCUT2D eigenvalue weighted by molar-refractivity contribution is 5.62. The van der Waals surface area contributed by atoms with E-state index in [1.54, 1.807) is 6.92 Å². The number of nitrogens with zero attached hydrogens (tertiary/aromatic N) is 2. The first-order valence-corrected chi connectivity index (χ1v) is 9.41. The smallest absolute Gasteiger partial charge is 0.329 e. The molecular weight excluding hydrogens is 375 g/mol. The maximum atomic E-state index is 15.3. The minimum atomic E-state index is -3.06. The van der Waals surface area contributed by atoms with E-state index in [-0.39, 0.29) is 28.9 Å². The topological polar surface area (TPSA) is 110 Å². The SMILES string of the molecule is CC1=c2c(c(=O)[nH]c(=O)n2C2CC2)=C(N)C(F)C1N1CC(C(C)N)C(F)(F)C1. The number of aromatic amines is 1. The molecule has 4 rings (SSSR count). The number of H-pyrrole nitrogens is 1. The number of halogens is 3. The Morgan fingerprint density at radius 3 is 2.46 bits per heavy atom. The molecule has 3 aliphatic rings. The summed E-state index contributed by atoms with van der Waals surface area (Å²) in [5, 5.41) is 0.197. The minimum Gasteiger partial charge on any atom is -0.399 e. The summed E-state index contributed by atoms with van der Waals surface area (Å²) < 4.78 is 45.6. The molecule has 2 heterocycles. The fourth-order valence-corrected chi connectivity index (χ4v) is 4.61. The maximum Gasteiger partial charge on any atom is 0.329 e. The Bertz CT molecular complexity index is 1060. The number of nitrogens with two attached hydrogens (primary N) is 2. The van der Waals surface area contributed by atoms with E-state index < -0.39 is 47.9 Å². The lowest BCUT2D eigenvalue weighted by Gasteiger charge is -2.34. The Labute approximate surface area is 158 Å². The lowest BCUT2D eigenvalue weighted by atomic mass is 9.93. The zero-order chi connectivity index (χ0) is 20.5. The van der Waals surface area contributed by atoms with Gasteiger partial charge in [0.15, 0.2) is 6.17 Å². The van der Waals surface area contributed by atoms with Crippen LogP contribution in [0.3, 0.4) is 0 Å². The van der Waals surface area contributed by atoms with Crippen molar-refractivity contribution >= 4 is 11.3 Å². The molecule has 2 fully saturated rings. The number of fused-ring (bicyclic) bond motifs is 1. The van der Waals surface area contributed by atoms with Gasteiger partial charge in [0.2, 0.25) is 0 Å². The third-order valence-electron chi connectivity index (χ3n) is 6.15. The van der Waals surface area contributed by atoms with Crippen LogP contribution in [0.25, 0.3) is 11.3 Å². The van der Waals surface area contributed by atoms with Crippen molar-refractivity contribution in [2.75, 3.05) is 13.1 Å². The molecule has 1 saturated heterocycles. The van der Waals surface area contributed by atoms with Crippen LogP contribution in [-0.4, -0.2) is 51.7 Å². The molecule has 1 aromatic heterocycles. The Morgan fingerprint density at radius 2 is 1.93 bits per heavy atom. The molecule has 1 saturated carbocycles. The van der Waals surface area contributed by atoms with Crippen LogP contribution in [0.5, 0.6) is 0 Å². The van der Waals surface area contributed by atoms with Crippen LogP contribution in [0.2, 0.25) is 0 Å². The second kappa shape index (κ2) is 6.21. The van der Waals surface area contributed by atoms with E-state index in [1.807, 2.05) is 0 Å². The molecule has 7 nitrogen and oxygen atoms in total.